The summed E-state index contributed by atoms with van der Waals surface area (Å²) < 4.78 is 52.1. The zero-order chi connectivity index (χ0) is 22.9. The Morgan fingerprint density at radius 2 is 1.52 bits per heavy atom. The summed E-state index contributed by atoms with van der Waals surface area (Å²) in [6.45, 7) is 0.285. The summed E-state index contributed by atoms with van der Waals surface area (Å²) in [7, 11) is 0. The van der Waals surface area contributed by atoms with Gasteiger partial charge in [0.1, 0.15) is 5.69 Å². The number of benzene rings is 2. The van der Waals surface area contributed by atoms with E-state index in [1.807, 2.05) is 0 Å². The molecule has 2 aromatic rings. The van der Waals surface area contributed by atoms with Gasteiger partial charge in [0.2, 0.25) is 5.82 Å². The van der Waals surface area contributed by atoms with Crippen LogP contribution in [0.4, 0.5) is 34.6 Å². The molecule has 31 heavy (non-hydrogen) atoms. The largest absolute Gasteiger partial charge is 0.416 e. The molecule has 3 rings (SSSR count). The van der Waals surface area contributed by atoms with Crippen LogP contribution in [0.1, 0.15) is 15.9 Å². The number of halogens is 4. The first kappa shape index (κ1) is 21.9. The smallest absolute Gasteiger partial charge is 0.362 e. The highest BCUT2D eigenvalue weighted by Gasteiger charge is 2.34. The summed E-state index contributed by atoms with van der Waals surface area (Å²) in [4.78, 5) is 35.7. The fourth-order valence-corrected chi connectivity index (χ4v) is 3.23. The summed E-state index contributed by atoms with van der Waals surface area (Å²) in [5.74, 6) is -1.68. The highest BCUT2D eigenvalue weighted by Crippen LogP contribution is 2.36. The van der Waals surface area contributed by atoms with E-state index in [1.165, 1.54) is 9.80 Å². The minimum absolute atomic E-state index is 0.0116. The Hall–Kier alpha value is -3.77. The van der Waals surface area contributed by atoms with E-state index in [9.17, 15) is 42.6 Å². The summed E-state index contributed by atoms with van der Waals surface area (Å²) in [6.07, 6.45) is -4.73. The second-order valence-corrected chi connectivity index (χ2v) is 6.66. The van der Waals surface area contributed by atoms with Crippen molar-refractivity contribution in [1.82, 2.24) is 4.90 Å². The van der Waals surface area contributed by atoms with Gasteiger partial charge < -0.3 is 9.80 Å². The number of nitro groups is 2. The molecular formula is C18H14F4N4O5. The SMILES string of the molecule is O=C(c1ccc(F)c([N+](=O)[O-])c1)N1CCN(c2ccc(C(F)(F)F)cc2[N+](=O)[O-])CC1. The van der Waals surface area contributed by atoms with Crippen LogP contribution >= 0.6 is 0 Å². The Morgan fingerprint density at radius 3 is 2.06 bits per heavy atom. The highest BCUT2D eigenvalue weighted by atomic mass is 19.4. The molecule has 1 amide bonds. The van der Waals surface area contributed by atoms with E-state index in [0.29, 0.717) is 6.07 Å². The minimum Gasteiger partial charge on any atom is -0.362 e. The van der Waals surface area contributed by atoms with Crippen molar-refractivity contribution in [2.45, 2.75) is 6.18 Å². The van der Waals surface area contributed by atoms with Gasteiger partial charge in [0.15, 0.2) is 0 Å². The molecule has 9 nitrogen and oxygen atoms in total. The third-order valence-corrected chi connectivity index (χ3v) is 4.80. The molecule has 1 aliphatic rings. The number of hydrogen-bond acceptors (Lipinski definition) is 6. The molecule has 0 atom stereocenters. The van der Waals surface area contributed by atoms with Gasteiger partial charge in [-0.2, -0.15) is 17.6 Å². The van der Waals surface area contributed by atoms with Gasteiger partial charge in [-0.1, -0.05) is 0 Å². The van der Waals surface area contributed by atoms with Crippen LogP contribution < -0.4 is 4.90 Å². The number of nitrogens with zero attached hydrogens (tertiary/aromatic N) is 4. The molecule has 0 spiro atoms. The maximum atomic E-state index is 13.5. The number of amides is 1. The summed E-state index contributed by atoms with van der Waals surface area (Å²) in [5.41, 5.74) is -2.80. The van der Waals surface area contributed by atoms with Crippen LogP contribution in [0.15, 0.2) is 36.4 Å². The van der Waals surface area contributed by atoms with Crippen molar-refractivity contribution >= 4 is 23.0 Å². The molecule has 0 N–H and O–H groups in total. The molecule has 1 heterocycles. The molecular weight excluding hydrogens is 428 g/mol. The second kappa shape index (κ2) is 8.16. The van der Waals surface area contributed by atoms with Gasteiger partial charge in [0, 0.05) is 43.9 Å². The molecule has 1 fully saturated rings. The van der Waals surface area contributed by atoms with Crippen LogP contribution in [-0.2, 0) is 6.18 Å². The topological polar surface area (TPSA) is 110 Å². The Labute approximate surface area is 171 Å². The standard InChI is InChI=1S/C18H14F4N4O5/c19-13-3-1-11(9-15(13)25(28)29)17(27)24-7-5-23(6-8-24)14-4-2-12(18(20,21)22)10-16(14)26(30)31/h1-4,9-10H,5-8H2. The first-order valence-electron chi connectivity index (χ1n) is 8.83. The van der Waals surface area contributed by atoms with Crippen molar-refractivity contribution in [2.24, 2.45) is 0 Å². The lowest BCUT2D eigenvalue weighted by Gasteiger charge is -2.36. The lowest BCUT2D eigenvalue weighted by Crippen LogP contribution is -2.49. The van der Waals surface area contributed by atoms with Crippen LogP contribution in [0.2, 0.25) is 0 Å². The number of anilines is 1. The molecule has 0 aromatic heterocycles. The molecule has 1 aliphatic heterocycles. The number of hydrogen-bond donors (Lipinski definition) is 0. The van der Waals surface area contributed by atoms with Crippen LogP contribution in [0.25, 0.3) is 0 Å². The number of alkyl halides is 3. The first-order valence-corrected chi connectivity index (χ1v) is 8.83. The predicted octanol–water partition coefficient (Wildman–Crippen LogP) is 3.62. The van der Waals surface area contributed by atoms with E-state index >= 15 is 0 Å². The molecule has 164 valence electrons. The number of piperazine rings is 1. The van der Waals surface area contributed by atoms with E-state index in [0.717, 1.165) is 30.3 Å². The fourth-order valence-electron chi connectivity index (χ4n) is 3.23. The van der Waals surface area contributed by atoms with Gasteiger partial charge in [-0.15, -0.1) is 0 Å². The molecule has 0 radical (unpaired) electrons. The zero-order valence-corrected chi connectivity index (χ0v) is 15.6. The number of rotatable bonds is 4. The monoisotopic (exact) mass is 442 g/mol. The van der Waals surface area contributed by atoms with Crippen molar-refractivity contribution in [3.8, 4) is 0 Å². The van der Waals surface area contributed by atoms with Gasteiger partial charge in [-0.05, 0) is 24.3 Å². The first-order chi connectivity index (χ1) is 14.5. The van der Waals surface area contributed by atoms with Gasteiger partial charge in [-0.3, -0.25) is 25.0 Å². The molecule has 0 saturated carbocycles. The van der Waals surface area contributed by atoms with E-state index in [1.54, 1.807) is 0 Å². The van der Waals surface area contributed by atoms with Gasteiger partial charge in [0.25, 0.3) is 11.6 Å². The van der Waals surface area contributed by atoms with E-state index in [2.05, 4.69) is 0 Å². The third-order valence-electron chi connectivity index (χ3n) is 4.80. The van der Waals surface area contributed by atoms with Crippen molar-refractivity contribution in [1.29, 1.82) is 0 Å². The number of carbonyl (C=O) groups excluding carboxylic acids is 1. The average Bonchev–Trinajstić information content (AvgIpc) is 2.72. The molecule has 0 aliphatic carbocycles. The van der Waals surface area contributed by atoms with E-state index in [-0.39, 0.29) is 37.4 Å². The maximum absolute atomic E-state index is 13.5. The summed E-state index contributed by atoms with van der Waals surface area (Å²) in [5, 5.41) is 22.1. The molecule has 0 unspecified atom stereocenters. The van der Waals surface area contributed by atoms with Crippen molar-refractivity contribution < 1.29 is 32.2 Å². The zero-order valence-electron chi connectivity index (χ0n) is 15.6. The summed E-state index contributed by atoms with van der Waals surface area (Å²) >= 11 is 0. The molecule has 2 aromatic carbocycles. The summed E-state index contributed by atoms with van der Waals surface area (Å²) in [6, 6.07) is 4.97. The lowest BCUT2D eigenvalue weighted by molar-refractivity contribution is -0.387. The van der Waals surface area contributed by atoms with Crippen molar-refractivity contribution in [3.05, 3.63) is 73.6 Å². The fraction of sp³-hybridized carbons (Fsp3) is 0.278. The van der Waals surface area contributed by atoms with Crippen LogP contribution in [0.5, 0.6) is 0 Å². The predicted molar refractivity (Wildman–Crippen MR) is 99.3 cm³/mol. The van der Waals surface area contributed by atoms with Crippen LogP contribution in [-0.4, -0.2) is 46.8 Å². The Bertz CT molecular complexity index is 1050. The number of carbonyl (C=O) groups is 1. The lowest BCUT2D eigenvalue weighted by atomic mass is 10.1. The van der Waals surface area contributed by atoms with E-state index in [4.69, 9.17) is 0 Å². The molecule has 13 heteroatoms. The Kier molecular flexibility index (Phi) is 5.77. The average molecular weight is 442 g/mol. The van der Waals surface area contributed by atoms with Crippen molar-refractivity contribution in [3.63, 3.8) is 0 Å². The second-order valence-electron chi connectivity index (χ2n) is 6.66. The van der Waals surface area contributed by atoms with Crippen LogP contribution in [0, 0.1) is 26.0 Å². The Balaban J connectivity index is 1.77. The maximum Gasteiger partial charge on any atom is 0.416 e. The Morgan fingerprint density at radius 1 is 0.903 bits per heavy atom. The number of nitro benzene ring substituents is 2. The minimum atomic E-state index is -4.73. The molecule has 0 bridgehead atoms. The molecule has 1 saturated heterocycles. The highest BCUT2D eigenvalue weighted by molar-refractivity contribution is 5.95. The van der Waals surface area contributed by atoms with Gasteiger partial charge in [-0.25, -0.2) is 0 Å². The van der Waals surface area contributed by atoms with Gasteiger partial charge in [0.05, 0.1) is 15.4 Å². The third kappa shape index (κ3) is 4.54. The normalized spacial score (nSPS) is 14.5. The van der Waals surface area contributed by atoms with Crippen molar-refractivity contribution in [2.75, 3.05) is 31.1 Å². The van der Waals surface area contributed by atoms with Crippen LogP contribution in [0.3, 0.4) is 0 Å². The quantitative estimate of drug-likeness (QED) is 0.406. The van der Waals surface area contributed by atoms with E-state index < -0.39 is 44.7 Å². The van der Waals surface area contributed by atoms with Gasteiger partial charge >= 0.3 is 11.9 Å².